The first kappa shape index (κ1) is 23.7. The van der Waals surface area contributed by atoms with E-state index in [1.165, 1.54) is 6.07 Å². The van der Waals surface area contributed by atoms with E-state index >= 15 is 4.39 Å². The molecular weight excluding hydrogens is 477 g/mol. The average Bonchev–Trinajstić information content (AvgIpc) is 2.92. The Kier molecular flexibility index (Phi) is 5.94. The first-order valence-electron chi connectivity index (χ1n) is 12.7. The number of carbonyl (C=O) groups is 1. The molecule has 1 atom stereocenters. The monoisotopic (exact) mass is 507 g/mol. The van der Waals surface area contributed by atoms with Gasteiger partial charge in [-0.05, 0) is 26.1 Å². The number of ether oxygens (including phenoxy) is 1. The number of aromatic nitrogens is 3. The summed E-state index contributed by atoms with van der Waals surface area (Å²) in [7, 11) is 2.04. The Labute approximate surface area is 213 Å². The maximum Gasteiger partial charge on any atom is 0.259 e. The molecule has 6 rings (SSSR count). The fourth-order valence-electron chi connectivity index (χ4n) is 5.42. The fourth-order valence-corrected chi connectivity index (χ4v) is 5.42. The van der Waals surface area contributed by atoms with Gasteiger partial charge in [-0.15, -0.1) is 0 Å². The van der Waals surface area contributed by atoms with Gasteiger partial charge >= 0.3 is 0 Å². The standard InChI is InChI=1S/C26H30FN7O3/c1-17-16-37-24-21-18(14-20(27)22(24)31-8-6-30(2)7-9-31)23(35)19(15-34(17)21)25(36)32-10-12-33(13-11-32)26-28-4-3-5-29-26/h3-5,14-15,17H,6-13,16H2,1-2H3. The van der Waals surface area contributed by atoms with E-state index in [2.05, 4.69) is 14.9 Å². The van der Waals surface area contributed by atoms with Gasteiger partial charge in [0, 0.05) is 70.9 Å². The van der Waals surface area contributed by atoms with Crippen molar-refractivity contribution in [1.29, 1.82) is 0 Å². The Morgan fingerprint density at radius 1 is 1.03 bits per heavy atom. The molecule has 0 spiro atoms. The van der Waals surface area contributed by atoms with Crippen molar-refractivity contribution in [3.8, 4) is 5.75 Å². The summed E-state index contributed by atoms with van der Waals surface area (Å²) in [6.07, 6.45) is 5.02. The van der Waals surface area contributed by atoms with E-state index < -0.39 is 11.2 Å². The first-order valence-corrected chi connectivity index (χ1v) is 12.7. The minimum Gasteiger partial charge on any atom is -0.487 e. The molecule has 1 unspecified atom stereocenters. The summed E-state index contributed by atoms with van der Waals surface area (Å²) in [6, 6.07) is 2.94. The van der Waals surface area contributed by atoms with E-state index in [0.717, 1.165) is 13.1 Å². The summed E-state index contributed by atoms with van der Waals surface area (Å²) in [6.45, 7) is 7.29. The van der Waals surface area contributed by atoms with Gasteiger partial charge in [0.1, 0.15) is 17.9 Å². The zero-order valence-electron chi connectivity index (χ0n) is 21.1. The lowest BCUT2D eigenvalue weighted by Crippen LogP contribution is -2.50. The number of pyridine rings is 1. The highest BCUT2D eigenvalue weighted by atomic mass is 19.1. The fraction of sp³-hybridized carbons (Fsp3) is 0.462. The van der Waals surface area contributed by atoms with E-state index in [-0.39, 0.29) is 22.9 Å². The van der Waals surface area contributed by atoms with Crippen molar-refractivity contribution in [2.24, 2.45) is 0 Å². The molecule has 11 heteroatoms. The zero-order valence-corrected chi connectivity index (χ0v) is 21.1. The van der Waals surface area contributed by atoms with Gasteiger partial charge in [-0.25, -0.2) is 14.4 Å². The molecule has 0 aliphatic carbocycles. The van der Waals surface area contributed by atoms with Crippen LogP contribution in [-0.4, -0.2) is 96.3 Å². The molecule has 2 saturated heterocycles. The Hall–Kier alpha value is -3.73. The smallest absolute Gasteiger partial charge is 0.259 e. The predicted octanol–water partition coefficient (Wildman–Crippen LogP) is 1.60. The van der Waals surface area contributed by atoms with Crippen molar-refractivity contribution in [3.63, 3.8) is 0 Å². The van der Waals surface area contributed by atoms with Crippen molar-refractivity contribution < 1.29 is 13.9 Å². The number of rotatable bonds is 3. The van der Waals surface area contributed by atoms with Crippen LogP contribution in [0.3, 0.4) is 0 Å². The number of halogens is 1. The van der Waals surface area contributed by atoms with Crippen molar-refractivity contribution in [3.05, 3.63) is 52.3 Å². The lowest BCUT2D eigenvalue weighted by atomic mass is 10.0. The Bertz CT molecular complexity index is 1400. The van der Waals surface area contributed by atoms with Crippen molar-refractivity contribution in [1.82, 2.24) is 24.3 Å². The van der Waals surface area contributed by atoms with Crippen LogP contribution in [0.1, 0.15) is 23.3 Å². The highest BCUT2D eigenvalue weighted by Gasteiger charge is 2.32. The van der Waals surface area contributed by atoms with Crippen LogP contribution in [0.2, 0.25) is 0 Å². The third-order valence-corrected chi connectivity index (χ3v) is 7.59. The number of anilines is 2. The van der Waals surface area contributed by atoms with Crippen LogP contribution in [0.25, 0.3) is 10.9 Å². The van der Waals surface area contributed by atoms with E-state index in [4.69, 9.17) is 4.74 Å². The number of nitrogens with zero attached hydrogens (tertiary/aromatic N) is 7. The maximum atomic E-state index is 15.6. The summed E-state index contributed by atoms with van der Waals surface area (Å²) >= 11 is 0. The van der Waals surface area contributed by atoms with Gasteiger partial charge in [0.05, 0.1) is 16.9 Å². The molecular formula is C26H30FN7O3. The third kappa shape index (κ3) is 4.07. The van der Waals surface area contributed by atoms with Crippen LogP contribution in [0, 0.1) is 5.82 Å². The van der Waals surface area contributed by atoms with Crippen LogP contribution >= 0.6 is 0 Å². The van der Waals surface area contributed by atoms with Crippen LogP contribution in [0.5, 0.6) is 5.75 Å². The highest BCUT2D eigenvalue weighted by Crippen LogP contribution is 2.42. The Morgan fingerprint density at radius 3 is 2.41 bits per heavy atom. The quantitative estimate of drug-likeness (QED) is 0.529. The summed E-state index contributed by atoms with van der Waals surface area (Å²) in [4.78, 5) is 43.6. The van der Waals surface area contributed by atoms with E-state index in [9.17, 15) is 9.59 Å². The predicted molar refractivity (Wildman–Crippen MR) is 138 cm³/mol. The number of amides is 1. The van der Waals surface area contributed by atoms with Gasteiger partial charge in [0.15, 0.2) is 11.6 Å². The molecule has 2 fully saturated rings. The molecule has 0 radical (unpaired) electrons. The number of benzene rings is 1. The van der Waals surface area contributed by atoms with Gasteiger partial charge in [0.25, 0.3) is 5.91 Å². The molecule has 2 aromatic heterocycles. The molecule has 0 bridgehead atoms. The molecule has 0 N–H and O–H groups in total. The molecule has 5 heterocycles. The molecule has 37 heavy (non-hydrogen) atoms. The molecule has 3 aliphatic heterocycles. The van der Waals surface area contributed by atoms with Gasteiger partial charge in [-0.2, -0.15) is 0 Å². The third-order valence-electron chi connectivity index (χ3n) is 7.59. The highest BCUT2D eigenvalue weighted by molar-refractivity contribution is 6.00. The summed E-state index contributed by atoms with van der Waals surface area (Å²) in [5, 5.41) is 0.180. The van der Waals surface area contributed by atoms with Crippen LogP contribution in [-0.2, 0) is 0 Å². The lowest BCUT2D eigenvalue weighted by Gasteiger charge is -2.37. The first-order chi connectivity index (χ1) is 17.9. The summed E-state index contributed by atoms with van der Waals surface area (Å²) in [5.41, 5.74) is 0.553. The second-order valence-corrected chi connectivity index (χ2v) is 9.99. The molecule has 1 amide bonds. The van der Waals surface area contributed by atoms with E-state index in [0.29, 0.717) is 68.8 Å². The molecule has 10 nitrogen and oxygen atoms in total. The zero-order chi connectivity index (χ0) is 25.7. The lowest BCUT2D eigenvalue weighted by molar-refractivity contribution is 0.0744. The molecule has 0 saturated carbocycles. The van der Waals surface area contributed by atoms with E-state index in [1.54, 1.807) is 29.6 Å². The van der Waals surface area contributed by atoms with Crippen LogP contribution in [0.4, 0.5) is 16.0 Å². The van der Waals surface area contributed by atoms with Gasteiger partial charge in [-0.3, -0.25) is 9.59 Å². The topological polar surface area (TPSA) is 87.0 Å². The second kappa shape index (κ2) is 9.29. The van der Waals surface area contributed by atoms with Gasteiger partial charge in [-0.1, -0.05) is 0 Å². The largest absolute Gasteiger partial charge is 0.487 e. The number of carbonyl (C=O) groups excluding carboxylic acids is 1. The van der Waals surface area contributed by atoms with Crippen LogP contribution in [0.15, 0.2) is 35.5 Å². The number of hydrogen-bond acceptors (Lipinski definition) is 8. The summed E-state index contributed by atoms with van der Waals surface area (Å²) < 4.78 is 23.5. The number of hydrogen-bond donors (Lipinski definition) is 0. The molecule has 3 aromatic rings. The Morgan fingerprint density at radius 2 is 1.70 bits per heavy atom. The van der Waals surface area contributed by atoms with Crippen LogP contribution < -0.4 is 20.0 Å². The Balaban J connectivity index is 1.35. The van der Waals surface area contributed by atoms with Gasteiger partial charge in [0.2, 0.25) is 11.4 Å². The average molecular weight is 508 g/mol. The number of likely N-dealkylation sites (N-methyl/N-ethyl adjacent to an activating group) is 1. The van der Waals surface area contributed by atoms with Crippen molar-refractivity contribution in [2.45, 2.75) is 13.0 Å². The van der Waals surface area contributed by atoms with Gasteiger partial charge < -0.3 is 28.9 Å². The minimum absolute atomic E-state index is 0.0587. The van der Waals surface area contributed by atoms with Crippen molar-refractivity contribution >= 4 is 28.4 Å². The summed E-state index contributed by atoms with van der Waals surface area (Å²) in [5.74, 6) is 0.183. The van der Waals surface area contributed by atoms with E-state index in [1.807, 2.05) is 28.3 Å². The minimum atomic E-state index is -0.494. The molecule has 194 valence electrons. The second-order valence-electron chi connectivity index (χ2n) is 9.99. The number of piperazine rings is 2. The SMILES string of the molecule is CC1COc2c(N3CCN(C)CC3)c(F)cc3c(=O)c(C(=O)N4CCN(c5ncccn5)CC4)cn1c23. The molecule has 3 aliphatic rings. The normalized spacial score (nSPS) is 20.3. The molecule has 1 aromatic carbocycles. The maximum absolute atomic E-state index is 15.6. The van der Waals surface area contributed by atoms with Crippen molar-refractivity contribution in [2.75, 3.05) is 75.8 Å².